The van der Waals surface area contributed by atoms with Gasteiger partial charge >= 0.3 is 0 Å². The molecule has 0 amide bonds. The predicted octanol–water partition coefficient (Wildman–Crippen LogP) is 4.42. The summed E-state index contributed by atoms with van der Waals surface area (Å²) < 4.78 is 0. The van der Waals surface area contributed by atoms with E-state index in [4.69, 9.17) is 0 Å². The van der Waals surface area contributed by atoms with Gasteiger partial charge in [0.05, 0.1) is 5.69 Å². The fourth-order valence-corrected chi connectivity index (χ4v) is 2.10. The zero-order valence-corrected chi connectivity index (χ0v) is 9.95. The highest BCUT2D eigenvalue weighted by Crippen LogP contribution is 2.30. The van der Waals surface area contributed by atoms with Crippen molar-refractivity contribution in [2.75, 3.05) is 0 Å². The first-order chi connectivity index (χ1) is 8.95. The SMILES string of the molecule is c1ccc(-c2ccccc2-c2ccccn2)cc1. The Morgan fingerprint density at radius 3 is 1.94 bits per heavy atom. The number of nitrogens with zero attached hydrogens (tertiary/aromatic N) is 1. The molecule has 1 nitrogen and oxygen atoms in total. The van der Waals surface area contributed by atoms with Crippen molar-refractivity contribution in [1.29, 1.82) is 0 Å². The van der Waals surface area contributed by atoms with E-state index < -0.39 is 0 Å². The second-order valence-corrected chi connectivity index (χ2v) is 4.13. The van der Waals surface area contributed by atoms with E-state index in [9.17, 15) is 0 Å². The molecule has 0 bridgehead atoms. The first-order valence-corrected chi connectivity index (χ1v) is 6.01. The van der Waals surface area contributed by atoms with E-state index in [0.29, 0.717) is 0 Å². The van der Waals surface area contributed by atoms with Crippen molar-refractivity contribution in [3.8, 4) is 22.4 Å². The highest BCUT2D eigenvalue weighted by Gasteiger charge is 2.06. The van der Waals surface area contributed by atoms with Gasteiger partial charge in [0.2, 0.25) is 0 Å². The summed E-state index contributed by atoms with van der Waals surface area (Å²) in [6, 6.07) is 24.8. The van der Waals surface area contributed by atoms with Crippen molar-refractivity contribution in [3.05, 3.63) is 79.0 Å². The number of benzene rings is 2. The van der Waals surface area contributed by atoms with Crippen LogP contribution in [-0.2, 0) is 0 Å². The Bertz CT molecular complexity index is 572. The van der Waals surface area contributed by atoms with Gasteiger partial charge in [0.15, 0.2) is 0 Å². The second kappa shape index (κ2) is 4.84. The van der Waals surface area contributed by atoms with E-state index in [-0.39, 0.29) is 0 Å². The minimum atomic E-state index is 1.01. The van der Waals surface area contributed by atoms with Gasteiger partial charge in [-0.1, -0.05) is 60.7 Å². The molecule has 0 aliphatic heterocycles. The van der Waals surface area contributed by atoms with Gasteiger partial charge in [0, 0.05) is 11.8 Å². The quantitative estimate of drug-likeness (QED) is 0.636. The van der Waals surface area contributed by atoms with Crippen LogP contribution in [0.25, 0.3) is 22.4 Å². The first-order valence-electron chi connectivity index (χ1n) is 6.01. The van der Waals surface area contributed by atoms with Crippen LogP contribution in [0, 0.1) is 0 Å². The minimum absolute atomic E-state index is 1.01. The lowest BCUT2D eigenvalue weighted by Gasteiger charge is -2.08. The number of rotatable bonds is 2. The van der Waals surface area contributed by atoms with Gasteiger partial charge in [0.25, 0.3) is 0 Å². The Labute approximate surface area is 107 Å². The fraction of sp³-hybridized carbons (Fsp3) is 0. The molecular formula is C17H13N. The Morgan fingerprint density at radius 1 is 0.556 bits per heavy atom. The van der Waals surface area contributed by atoms with E-state index in [1.54, 1.807) is 0 Å². The molecule has 0 atom stereocenters. The van der Waals surface area contributed by atoms with E-state index in [2.05, 4.69) is 53.5 Å². The van der Waals surface area contributed by atoms with E-state index in [1.807, 2.05) is 30.5 Å². The number of aromatic nitrogens is 1. The molecule has 1 aromatic heterocycles. The number of hydrogen-bond acceptors (Lipinski definition) is 1. The summed E-state index contributed by atoms with van der Waals surface area (Å²) in [6.07, 6.45) is 1.83. The monoisotopic (exact) mass is 231 g/mol. The lowest BCUT2D eigenvalue weighted by molar-refractivity contribution is 1.33. The molecule has 0 aliphatic carbocycles. The molecule has 3 rings (SSSR count). The van der Waals surface area contributed by atoms with Crippen LogP contribution in [0.2, 0.25) is 0 Å². The van der Waals surface area contributed by atoms with Crippen molar-refractivity contribution in [2.24, 2.45) is 0 Å². The predicted molar refractivity (Wildman–Crippen MR) is 75.1 cm³/mol. The maximum absolute atomic E-state index is 4.44. The highest BCUT2D eigenvalue weighted by molar-refractivity contribution is 5.81. The van der Waals surface area contributed by atoms with Crippen molar-refractivity contribution in [1.82, 2.24) is 4.98 Å². The van der Waals surface area contributed by atoms with Crippen LogP contribution in [-0.4, -0.2) is 4.98 Å². The van der Waals surface area contributed by atoms with E-state index >= 15 is 0 Å². The summed E-state index contributed by atoms with van der Waals surface area (Å²) in [6.45, 7) is 0. The normalized spacial score (nSPS) is 10.2. The number of hydrogen-bond donors (Lipinski definition) is 0. The summed E-state index contributed by atoms with van der Waals surface area (Å²) in [5.74, 6) is 0. The molecule has 1 heteroatoms. The molecule has 0 spiro atoms. The first kappa shape index (κ1) is 10.7. The Balaban J connectivity index is 2.18. The van der Waals surface area contributed by atoms with Gasteiger partial charge in [-0.3, -0.25) is 4.98 Å². The fourth-order valence-electron chi connectivity index (χ4n) is 2.10. The summed E-state index contributed by atoms with van der Waals surface area (Å²) in [5, 5.41) is 0. The van der Waals surface area contributed by atoms with Gasteiger partial charge in [-0.15, -0.1) is 0 Å². The van der Waals surface area contributed by atoms with E-state index in [1.165, 1.54) is 16.7 Å². The second-order valence-electron chi connectivity index (χ2n) is 4.13. The molecule has 0 saturated heterocycles. The largest absolute Gasteiger partial charge is 0.256 e. The molecule has 3 aromatic rings. The average molecular weight is 231 g/mol. The van der Waals surface area contributed by atoms with Crippen LogP contribution in [0.4, 0.5) is 0 Å². The third kappa shape index (κ3) is 2.03. The molecule has 0 N–H and O–H groups in total. The van der Waals surface area contributed by atoms with Gasteiger partial charge in [-0.25, -0.2) is 0 Å². The van der Waals surface area contributed by atoms with E-state index in [0.717, 1.165) is 5.69 Å². The van der Waals surface area contributed by atoms with Crippen LogP contribution >= 0.6 is 0 Å². The van der Waals surface area contributed by atoms with Crippen molar-refractivity contribution >= 4 is 0 Å². The summed E-state index contributed by atoms with van der Waals surface area (Å²) >= 11 is 0. The molecule has 18 heavy (non-hydrogen) atoms. The topological polar surface area (TPSA) is 12.9 Å². The van der Waals surface area contributed by atoms with Crippen molar-refractivity contribution in [3.63, 3.8) is 0 Å². The zero-order chi connectivity index (χ0) is 12.2. The molecule has 0 radical (unpaired) electrons. The molecule has 0 aliphatic rings. The Hall–Kier alpha value is -2.41. The summed E-state index contributed by atoms with van der Waals surface area (Å²) in [4.78, 5) is 4.44. The molecular weight excluding hydrogens is 218 g/mol. The molecule has 86 valence electrons. The summed E-state index contributed by atoms with van der Waals surface area (Å²) in [7, 11) is 0. The molecule has 0 unspecified atom stereocenters. The van der Waals surface area contributed by atoms with Crippen molar-refractivity contribution < 1.29 is 0 Å². The van der Waals surface area contributed by atoms with Crippen molar-refractivity contribution in [2.45, 2.75) is 0 Å². The number of pyridine rings is 1. The Morgan fingerprint density at radius 2 is 1.22 bits per heavy atom. The summed E-state index contributed by atoms with van der Waals surface area (Å²) in [5.41, 5.74) is 4.62. The third-order valence-electron chi connectivity index (χ3n) is 2.95. The average Bonchev–Trinajstić information content (AvgIpc) is 2.49. The maximum atomic E-state index is 4.44. The van der Waals surface area contributed by atoms with Gasteiger partial charge in [-0.2, -0.15) is 0 Å². The lowest BCUT2D eigenvalue weighted by Crippen LogP contribution is -1.86. The maximum Gasteiger partial charge on any atom is 0.0708 e. The zero-order valence-electron chi connectivity index (χ0n) is 9.95. The van der Waals surface area contributed by atoms with Crippen LogP contribution in [0.3, 0.4) is 0 Å². The smallest absolute Gasteiger partial charge is 0.0708 e. The third-order valence-corrected chi connectivity index (χ3v) is 2.95. The molecule has 2 aromatic carbocycles. The van der Waals surface area contributed by atoms with Crippen LogP contribution in [0.1, 0.15) is 0 Å². The van der Waals surface area contributed by atoms with Crippen LogP contribution < -0.4 is 0 Å². The standard InChI is InChI=1S/C17H13N/c1-2-8-14(9-3-1)15-10-4-5-11-16(15)17-12-6-7-13-18-17/h1-13H. The Kier molecular flexibility index (Phi) is 2.89. The molecule has 1 heterocycles. The van der Waals surface area contributed by atoms with Gasteiger partial charge in [-0.05, 0) is 23.3 Å². The van der Waals surface area contributed by atoms with Crippen LogP contribution in [0.5, 0.6) is 0 Å². The highest BCUT2D eigenvalue weighted by atomic mass is 14.7. The van der Waals surface area contributed by atoms with Crippen LogP contribution in [0.15, 0.2) is 79.0 Å². The minimum Gasteiger partial charge on any atom is -0.256 e. The molecule has 0 fully saturated rings. The lowest BCUT2D eigenvalue weighted by atomic mass is 9.97. The van der Waals surface area contributed by atoms with Gasteiger partial charge < -0.3 is 0 Å². The van der Waals surface area contributed by atoms with Gasteiger partial charge in [0.1, 0.15) is 0 Å². The molecule has 0 saturated carbocycles.